The second kappa shape index (κ2) is 13.1. The van der Waals surface area contributed by atoms with Gasteiger partial charge in [-0.3, -0.25) is 14.5 Å². The first-order valence-electron chi connectivity index (χ1n) is 14.9. The zero-order valence-corrected chi connectivity index (χ0v) is 25.8. The van der Waals surface area contributed by atoms with Crippen molar-refractivity contribution in [2.45, 2.75) is 26.3 Å². The molecule has 9 nitrogen and oxygen atoms in total. The van der Waals surface area contributed by atoms with E-state index in [1.54, 1.807) is 48.8 Å². The van der Waals surface area contributed by atoms with Crippen molar-refractivity contribution in [3.05, 3.63) is 107 Å². The van der Waals surface area contributed by atoms with E-state index in [0.717, 1.165) is 22.4 Å². The lowest BCUT2D eigenvalue weighted by Crippen LogP contribution is -2.51. The first-order chi connectivity index (χ1) is 21.7. The normalized spacial score (nSPS) is 16.4. The predicted molar refractivity (Wildman–Crippen MR) is 175 cm³/mol. The Balaban J connectivity index is 1.13. The zero-order valence-electron chi connectivity index (χ0n) is 25.1. The molecule has 3 aromatic rings. The van der Waals surface area contributed by atoms with Crippen LogP contribution >= 0.6 is 11.6 Å². The van der Waals surface area contributed by atoms with Crippen molar-refractivity contribution in [1.29, 1.82) is 0 Å². The van der Waals surface area contributed by atoms with Gasteiger partial charge in [0, 0.05) is 72.6 Å². The highest BCUT2D eigenvalue weighted by atomic mass is 35.5. The number of fused-ring (bicyclic) bond motifs is 3. The van der Waals surface area contributed by atoms with Gasteiger partial charge in [0.25, 0.3) is 5.91 Å². The highest BCUT2D eigenvalue weighted by molar-refractivity contribution is 6.69. The molecule has 11 heteroatoms. The van der Waals surface area contributed by atoms with Crippen molar-refractivity contribution in [2.24, 2.45) is 4.99 Å². The number of nitrogens with zero attached hydrogens (tertiary/aromatic N) is 5. The molecule has 45 heavy (non-hydrogen) atoms. The number of aromatic nitrogens is 2. The third kappa shape index (κ3) is 6.87. The molecule has 0 saturated carbocycles. The Labute approximate surface area is 266 Å². The van der Waals surface area contributed by atoms with Crippen molar-refractivity contribution in [2.75, 3.05) is 38.0 Å². The fourth-order valence-corrected chi connectivity index (χ4v) is 5.79. The maximum absolute atomic E-state index is 14.8. The quantitative estimate of drug-likeness (QED) is 0.374. The van der Waals surface area contributed by atoms with Crippen LogP contribution in [0, 0.1) is 5.82 Å². The second-order valence-electron chi connectivity index (χ2n) is 11.4. The van der Waals surface area contributed by atoms with Gasteiger partial charge >= 0.3 is 0 Å². The lowest BCUT2D eigenvalue weighted by Gasteiger charge is -2.34. The van der Waals surface area contributed by atoms with Gasteiger partial charge in [-0.05, 0) is 67.8 Å². The average Bonchev–Trinajstić information content (AvgIpc) is 3.20. The minimum absolute atomic E-state index is 0.000653. The summed E-state index contributed by atoms with van der Waals surface area (Å²) in [6.45, 7) is 6.63. The third-order valence-corrected chi connectivity index (χ3v) is 8.04. The predicted octanol–water partition coefficient (Wildman–Crippen LogP) is 5.20. The van der Waals surface area contributed by atoms with Crippen molar-refractivity contribution in [3.8, 4) is 0 Å². The van der Waals surface area contributed by atoms with Crippen LogP contribution in [-0.4, -0.2) is 75.5 Å². The van der Waals surface area contributed by atoms with Gasteiger partial charge in [0.05, 0.1) is 12.2 Å². The monoisotopic (exact) mass is 625 g/mol. The van der Waals surface area contributed by atoms with E-state index < -0.39 is 0 Å². The maximum Gasteiger partial charge on any atom is 0.253 e. The molecule has 2 aliphatic heterocycles. The van der Waals surface area contributed by atoms with Crippen LogP contribution in [-0.2, 0) is 11.2 Å². The molecule has 3 heterocycles. The summed E-state index contributed by atoms with van der Waals surface area (Å²) < 4.78 is 14.8. The number of benzene rings is 2. The zero-order chi connectivity index (χ0) is 31.5. The lowest BCUT2D eigenvalue weighted by molar-refractivity contribution is -0.123. The Bertz CT molecular complexity index is 1760. The number of halogens is 2. The van der Waals surface area contributed by atoms with E-state index in [-0.39, 0.29) is 28.8 Å². The summed E-state index contributed by atoms with van der Waals surface area (Å²) in [6, 6.07) is 13.9. The summed E-state index contributed by atoms with van der Waals surface area (Å²) >= 11 is 6.36. The van der Waals surface area contributed by atoms with E-state index in [4.69, 9.17) is 16.6 Å². The van der Waals surface area contributed by atoms with Crippen LogP contribution < -0.4 is 10.6 Å². The number of hydrogen-bond donors (Lipinski definition) is 2. The van der Waals surface area contributed by atoms with Crippen LogP contribution in [0.5, 0.6) is 0 Å². The van der Waals surface area contributed by atoms with E-state index in [1.807, 2.05) is 37.0 Å². The summed E-state index contributed by atoms with van der Waals surface area (Å²) in [5.41, 5.74) is 5.52. The number of piperazine rings is 1. The Kier molecular flexibility index (Phi) is 8.86. The first-order valence-corrected chi connectivity index (χ1v) is 15.3. The first kappa shape index (κ1) is 30.4. The van der Waals surface area contributed by atoms with Crippen LogP contribution in [0.4, 0.5) is 16.0 Å². The smallest absolute Gasteiger partial charge is 0.253 e. The topological polar surface area (TPSA) is 103 Å². The van der Waals surface area contributed by atoms with Gasteiger partial charge in [-0.15, -0.1) is 0 Å². The molecule has 2 N–H and O–H groups in total. The van der Waals surface area contributed by atoms with Gasteiger partial charge in [-0.1, -0.05) is 35.9 Å². The minimum Gasteiger partial charge on any atom is -0.353 e. The standard InChI is InChI=1S/C34H33ClFN7O2/c1-21(2)39-31(44)20-42-13-15-43(16-14-42)33(45)22-7-10-24(11-8-22)40-34-38-18-23-9-12-25-27(26-5-3-4-6-29(26)36)17-30(35)37-19-28(25)32(23)41-34/h3-8,10-12,17-19,21H,9,13-16,20H2,1-2H3,(H,39,44)(H,38,40,41). The van der Waals surface area contributed by atoms with Gasteiger partial charge in [0.2, 0.25) is 11.9 Å². The van der Waals surface area contributed by atoms with Crippen LogP contribution in [0.3, 0.4) is 0 Å². The van der Waals surface area contributed by atoms with Crippen molar-refractivity contribution in [3.63, 3.8) is 0 Å². The van der Waals surface area contributed by atoms with Gasteiger partial charge in [-0.2, -0.15) is 0 Å². The summed E-state index contributed by atoms with van der Waals surface area (Å²) in [5.74, 6) is -0.0130. The average molecular weight is 626 g/mol. The number of allylic oxidation sites excluding steroid dienone is 5. The molecule has 230 valence electrons. The SMILES string of the molecule is CC(C)NC(=O)CN1CCN(C(=O)c2ccc(Nc3ncc4c(n3)C3=CN=C(Cl)C=C(c5ccccc5F)C3=CC4)cc2)CC1. The van der Waals surface area contributed by atoms with Crippen LogP contribution in [0.2, 0.25) is 0 Å². The molecular formula is C34H33ClFN7O2. The maximum atomic E-state index is 14.8. The molecule has 1 aromatic heterocycles. The summed E-state index contributed by atoms with van der Waals surface area (Å²) in [6.07, 6.45) is 7.70. The Morgan fingerprint density at radius 2 is 1.76 bits per heavy atom. The number of anilines is 2. The highest BCUT2D eigenvalue weighted by Crippen LogP contribution is 2.41. The number of carbonyl (C=O) groups excluding carboxylic acids is 2. The summed E-state index contributed by atoms with van der Waals surface area (Å²) in [5, 5.41) is 6.39. The summed E-state index contributed by atoms with van der Waals surface area (Å²) in [7, 11) is 0. The molecule has 0 radical (unpaired) electrons. The van der Waals surface area contributed by atoms with E-state index in [1.165, 1.54) is 6.07 Å². The van der Waals surface area contributed by atoms with Crippen LogP contribution in [0.15, 0.2) is 83.6 Å². The van der Waals surface area contributed by atoms with Crippen molar-refractivity contribution < 1.29 is 14.0 Å². The lowest BCUT2D eigenvalue weighted by atomic mass is 9.85. The molecule has 0 unspecified atom stereocenters. The second-order valence-corrected chi connectivity index (χ2v) is 11.8. The molecule has 2 aromatic carbocycles. The fraction of sp³-hybridized carbons (Fsp3) is 0.265. The number of carbonyl (C=O) groups is 2. The number of amides is 2. The third-order valence-electron chi connectivity index (χ3n) is 7.83. The van der Waals surface area contributed by atoms with E-state index in [0.29, 0.717) is 67.5 Å². The van der Waals surface area contributed by atoms with Gasteiger partial charge < -0.3 is 15.5 Å². The number of nitrogens with one attached hydrogen (secondary N) is 2. The molecule has 0 atom stereocenters. The fourth-order valence-electron chi connectivity index (χ4n) is 5.64. The van der Waals surface area contributed by atoms with E-state index in [9.17, 15) is 14.0 Å². The van der Waals surface area contributed by atoms with Gasteiger partial charge in [0.1, 0.15) is 11.0 Å². The van der Waals surface area contributed by atoms with E-state index >= 15 is 0 Å². The van der Waals surface area contributed by atoms with Crippen molar-refractivity contribution in [1.82, 2.24) is 25.1 Å². The summed E-state index contributed by atoms with van der Waals surface area (Å²) in [4.78, 5) is 42.8. The Morgan fingerprint density at radius 1 is 1.00 bits per heavy atom. The minimum atomic E-state index is -0.346. The van der Waals surface area contributed by atoms with Crippen molar-refractivity contribution >= 4 is 51.4 Å². The van der Waals surface area contributed by atoms with Gasteiger partial charge in [-0.25, -0.2) is 19.4 Å². The van der Waals surface area contributed by atoms with Gasteiger partial charge in [0.15, 0.2) is 0 Å². The van der Waals surface area contributed by atoms with Crippen LogP contribution in [0.25, 0.3) is 11.1 Å². The largest absolute Gasteiger partial charge is 0.353 e. The Hall–Kier alpha value is -4.67. The molecule has 1 fully saturated rings. The number of hydrogen-bond acceptors (Lipinski definition) is 7. The Morgan fingerprint density at radius 3 is 2.49 bits per heavy atom. The number of rotatable bonds is 7. The molecular weight excluding hydrogens is 593 g/mol. The molecule has 0 bridgehead atoms. The number of aliphatic imine (C=N–C) groups is 1. The molecule has 2 amide bonds. The molecule has 1 saturated heterocycles. The molecule has 3 aliphatic rings. The van der Waals surface area contributed by atoms with E-state index in [2.05, 4.69) is 25.5 Å². The molecule has 6 rings (SSSR count). The highest BCUT2D eigenvalue weighted by Gasteiger charge is 2.26. The van der Waals surface area contributed by atoms with Crippen LogP contribution in [0.1, 0.15) is 41.0 Å². The molecule has 1 aliphatic carbocycles. The molecule has 0 spiro atoms.